The van der Waals surface area contributed by atoms with Gasteiger partial charge in [0.05, 0.1) is 12.2 Å². The van der Waals surface area contributed by atoms with Crippen LogP contribution in [0.3, 0.4) is 0 Å². The molecule has 0 heterocycles. The SMILES string of the molecule is CC/C=C\C[C@H](O)/C=C/[C@H]1[C@@H](O)CC(=O)[C@@H]1C/C=C\C/C=C\CCC(=O)O. The van der Waals surface area contributed by atoms with Crippen LogP contribution in [-0.4, -0.2) is 39.3 Å². The van der Waals surface area contributed by atoms with Crippen molar-refractivity contribution in [3.8, 4) is 0 Å². The van der Waals surface area contributed by atoms with E-state index < -0.39 is 18.2 Å². The highest BCUT2D eigenvalue weighted by atomic mass is 16.4. The summed E-state index contributed by atoms with van der Waals surface area (Å²) in [5.74, 6) is -1.28. The molecule has 0 amide bonds. The Labute approximate surface area is 161 Å². The highest BCUT2D eigenvalue weighted by molar-refractivity contribution is 5.84. The van der Waals surface area contributed by atoms with Crippen LogP contribution in [0.15, 0.2) is 48.6 Å². The minimum atomic E-state index is -0.806. The number of hydrogen-bond acceptors (Lipinski definition) is 4. The second kappa shape index (κ2) is 13.2. The number of ketones is 1. The summed E-state index contributed by atoms with van der Waals surface area (Å²) < 4.78 is 0. The Bertz CT molecular complexity index is 573. The van der Waals surface area contributed by atoms with Gasteiger partial charge in [-0.1, -0.05) is 55.5 Å². The van der Waals surface area contributed by atoms with Gasteiger partial charge in [0.1, 0.15) is 5.78 Å². The quantitative estimate of drug-likeness (QED) is 0.453. The van der Waals surface area contributed by atoms with Gasteiger partial charge in [-0.3, -0.25) is 9.59 Å². The van der Waals surface area contributed by atoms with Crippen molar-refractivity contribution in [1.82, 2.24) is 0 Å². The van der Waals surface area contributed by atoms with E-state index >= 15 is 0 Å². The van der Waals surface area contributed by atoms with Gasteiger partial charge in [0.15, 0.2) is 0 Å². The number of aliphatic hydroxyl groups excluding tert-OH is 2. The van der Waals surface area contributed by atoms with Gasteiger partial charge >= 0.3 is 5.97 Å². The lowest BCUT2D eigenvalue weighted by atomic mass is 9.90. The summed E-state index contributed by atoms with van der Waals surface area (Å²) in [4.78, 5) is 22.6. The lowest BCUT2D eigenvalue weighted by molar-refractivity contribution is -0.136. The molecule has 1 saturated carbocycles. The molecule has 3 N–H and O–H groups in total. The second-order valence-corrected chi connectivity index (χ2v) is 6.84. The maximum Gasteiger partial charge on any atom is 0.303 e. The Hall–Kier alpha value is -1.98. The number of rotatable bonds is 12. The first-order chi connectivity index (χ1) is 13.0. The van der Waals surface area contributed by atoms with Crippen LogP contribution in [0, 0.1) is 11.8 Å². The molecule has 150 valence electrons. The maximum atomic E-state index is 12.1. The fourth-order valence-electron chi connectivity index (χ4n) is 3.10. The third kappa shape index (κ3) is 9.50. The Morgan fingerprint density at radius 1 is 1.19 bits per heavy atom. The largest absolute Gasteiger partial charge is 0.481 e. The summed E-state index contributed by atoms with van der Waals surface area (Å²) in [5, 5.41) is 28.7. The van der Waals surface area contributed by atoms with E-state index in [0.29, 0.717) is 25.7 Å². The molecule has 5 nitrogen and oxygen atoms in total. The van der Waals surface area contributed by atoms with Crippen molar-refractivity contribution in [1.29, 1.82) is 0 Å². The van der Waals surface area contributed by atoms with Crippen molar-refractivity contribution in [3.05, 3.63) is 48.6 Å². The average molecular weight is 376 g/mol. The molecule has 0 aromatic heterocycles. The molecule has 1 fully saturated rings. The standard InChI is InChI=1S/C22H32O5/c1-2-3-8-11-17(23)14-15-19-18(20(24)16-21(19)25)12-9-6-4-5-7-10-13-22(26)27/h3,5-9,14-15,17-19,21,23,25H,2,4,10-13,16H2,1H3,(H,26,27)/b7-5-,8-3-,9-6-,15-14+/t17-,18+,19+,21-/m0/s1. The molecule has 0 unspecified atom stereocenters. The fraction of sp³-hybridized carbons (Fsp3) is 0.545. The van der Waals surface area contributed by atoms with Crippen molar-refractivity contribution >= 4 is 11.8 Å². The number of hydrogen-bond donors (Lipinski definition) is 3. The molecule has 27 heavy (non-hydrogen) atoms. The van der Waals surface area contributed by atoms with Gasteiger partial charge in [0.2, 0.25) is 0 Å². The normalized spacial score (nSPS) is 24.9. The van der Waals surface area contributed by atoms with E-state index in [0.717, 1.165) is 6.42 Å². The molecule has 0 aromatic carbocycles. The number of carboxylic acids is 1. The molecule has 0 radical (unpaired) electrons. The Morgan fingerprint density at radius 3 is 2.63 bits per heavy atom. The number of carboxylic acid groups (broad SMARTS) is 1. The summed E-state index contributed by atoms with van der Waals surface area (Å²) in [6.07, 6.45) is 17.2. The highest BCUT2D eigenvalue weighted by Gasteiger charge is 2.39. The molecule has 5 heteroatoms. The van der Waals surface area contributed by atoms with Crippen LogP contribution < -0.4 is 0 Å². The van der Waals surface area contributed by atoms with E-state index in [9.17, 15) is 19.8 Å². The zero-order valence-electron chi connectivity index (χ0n) is 16.0. The molecular formula is C22H32O5. The van der Waals surface area contributed by atoms with Gasteiger partial charge in [-0.15, -0.1) is 0 Å². The van der Waals surface area contributed by atoms with Crippen LogP contribution in [0.1, 0.15) is 51.9 Å². The van der Waals surface area contributed by atoms with Crippen molar-refractivity contribution in [3.63, 3.8) is 0 Å². The first kappa shape index (κ1) is 23.1. The van der Waals surface area contributed by atoms with Crippen LogP contribution in [0.25, 0.3) is 0 Å². The molecule has 0 spiro atoms. The van der Waals surface area contributed by atoms with Gasteiger partial charge in [-0.25, -0.2) is 0 Å². The molecule has 0 saturated heterocycles. The summed E-state index contributed by atoms with van der Waals surface area (Å²) in [6, 6.07) is 0. The van der Waals surface area contributed by atoms with Crippen molar-refractivity contribution in [2.24, 2.45) is 11.8 Å². The van der Waals surface area contributed by atoms with Gasteiger partial charge in [0, 0.05) is 24.7 Å². The molecule has 4 atom stereocenters. The van der Waals surface area contributed by atoms with Gasteiger partial charge < -0.3 is 15.3 Å². The monoisotopic (exact) mass is 376 g/mol. The third-order valence-corrected chi connectivity index (χ3v) is 4.59. The third-order valence-electron chi connectivity index (χ3n) is 4.59. The molecular weight excluding hydrogens is 344 g/mol. The van der Waals surface area contributed by atoms with E-state index in [1.165, 1.54) is 0 Å². The lowest BCUT2D eigenvalue weighted by Crippen LogP contribution is -2.18. The van der Waals surface area contributed by atoms with E-state index in [-0.39, 0.29) is 30.5 Å². The zero-order valence-corrected chi connectivity index (χ0v) is 16.0. The van der Waals surface area contributed by atoms with E-state index in [1.54, 1.807) is 12.2 Å². The van der Waals surface area contributed by atoms with Crippen molar-refractivity contribution in [2.45, 2.75) is 64.1 Å². The van der Waals surface area contributed by atoms with E-state index in [1.807, 2.05) is 43.4 Å². The predicted octanol–water partition coefficient (Wildman–Crippen LogP) is 3.58. The summed E-state index contributed by atoms with van der Waals surface area (Å²) >= 11 is 0. The number of Topliss-reactive ketones (excluding diaryl/α,β-unsaturated/α-hetero) is 1. The number of aliphatic carboxylic acids is 1. The second-order valence-electron chi connectivity index (χ2n) is 6.84. The van der Waals surface area contributed by atoms with Crippen LogP contribution in [-0.2, 0) is 9.59 Å². The Balaban J connectivity index is 2.48. The lowest BCUT2D eigenvalue weighted by Gasteiger charge is -2.16. The van der Waals surface area contributed by atoms with Gasteiger partial charge in [0.25, 0.3) is 0 Å². The van der Waals surface area contributed by atoms with Crippen molar-refractivity contribution in [2.75, 3.05) is 0 Å². The molecule has 1 rings (SSSR count). The topological polar surface area (TPSA) is 94.8 Å². The number of carbonyl (C=O) groups is 2. The van der Waals surface area contributed by atoms with E-state index in [4.69, 9.17) is 5.11 Å². The smallest absolute Gasteiger partial charge is 0.303 e. The van der Waals surface area contributed by atoms with E-state index in [2.05, 4.69) is 0 Å². The predicted molar refractivity (Wildman–Crippen MR) is 106 cm³/mol. The average Bonchev–Trinajstić information content (AvgIpc) is 2.88. The minimum absolute atomic E-state index is 0.0548. The Morgan fingerprint density at radius 2 is 1.93 bits per heavy atom. The minimum Gasteiger partial charge on any atom is -0.481 e. The maximum absolute atomic E-state index is 12.1. The summed E-state index contributed by atoms with van der Waals surface area (Å²) in [5.41, 5.74) is 0. The Kier molecular flexibility index (Phi) is 11.3. The molecule has 1 aliphatic carbocycles. The van der Waals surface area contributed by atoms with Gasteiger partial charge in [-0.05, 0) is 32.1 Å². The number of aliphatic hydroxyl groups is 2. The van der Waals surface area contributed by atoms with Crippen LogP contribution >= 0.6 is 0 Å². The zero-order chi connectivity index (χ0) is 20.1. The first-order valence-corrected chi connectivity index (χ1v) is 9.69. The van der Waals surface area contributed by atoms with Crippen molar-refractivity contribution < 1.29 is 24.9 Å². The van der Waals surface area contributed by atoms with Crippen LogP contribution in [0.2, 0.25) is 0 Å². The van der Waals surface area contributed by atoms with Crippen LogP contribution in [0.4, 0.5) is 0 Å². The molecule has 0 aromatic rings. The summed E-state index contributed by atoms with van der Waals surface area (Å²) in [6.45, 7) is 2.03. The first-order valence-electron chi connectivity index (χ1n) is 9.69. The molecule has 0 bridgehead atoms. The number of carbonyl (C=O) groups excluding carboxylic acids is 1. The van der Waals surface area contributed by atoms with Crippen LogP contribution in [0.5, 0.6) is 0 Å². The molecule has 1 aliphatic rings. The highest BCUT2D eigenvalue weighted by Crippen LogP contribution is 2.33. The number of allylic oxidation sites excluding steroid dienone is 5. The molecule has 0 aliphatic heterocycles. The summed E-state index contributed by atoms with van der Waals surface area (Å²) in [7, 11) is 0. The van der Waals surface area contributed by atoms with Gasteiger partial charge in [-0.2, -0.15) is 0 Å². The fourth-order valence-corrected chi connectivity index (χ4v) is 3.10.